The number of pyridine rings is 1. The van der Waals surface area contributed by atoms with E-state index in [0.29, 0.717) is 5.56 Å². The zero-order chi connectivity index (χ0) is 21.1. The number of hydrogen-bond donors (Lipinski definition) is 1. The Morgan fingerprint density at radius 1 is 1.07 bits per heavy atom. The molecule has 1 aliphatic heterocycles. The molecule has 6 heteroatoms. The van der Waals surface area contributed by atoms with Gasteiger partial charge in [0.15, 0.2) is 0 Å². The van der Waals surface area contributed by atoms with Crippen molar-refractivity contribution in [1.82, 2.24) is 4.98 Å². The number of amides is 1. The Labute approximate surface area is 185 Å². The van der Waals surface area contributed by atoms with Crippen LogP contribution in [0.4, 0.5) is 11.5 Å². The van der Waals surface area contributed by atoms with Crippen LogP contribution in [-0.2, 0) is 0 Å². The monoisotopic (exact) mass is 467 g/mol. The molecule has 30 heavy (non-hydrogen) atoms. The second kappa shape index (κ2) is 9.04. The van der Waals surface area contributed by atoms with Crippen molar-refractivity contribution < 1.29 is 9.53 Å². The molecule has 3 aromatic rings. The van der Waals surface area contributed by atoms with Gasteiger partial charge in [-0.2, -0.15) is 0 Å². The molecule has 2 aromatic carbocycles. The van der Waals surface area contributed by atoms with Crippen LogP contribution in [0.25, 0.3) is 10.9 Å². The van der Waals surface area contributed by atoms with Crippen LogP contribution in [0.15, 0.2) is 46.9 Å². The molecule has 0 aliphatic carbocycles. The number of halogens is 1. The molecule has 0 spiro atoms. The van der Waals surface area contributed by atoms with Crippen LogP contribution in [0.1, 0.15) is 41.6 Å². The first-order valence-corrected chi connectivity index (χ1v) is 11.2. The van der Waals surface area contributed by atoms with E-state index in [4.69, 9.17) is 9.72 Å². The summed E-state index contributed by atoms with van der Waals surface area (Å²) in [4.78, 5) is 20.7. The first kappa shape index (κ1) is 20.7. The maximum Gasteiger partial charge on any atom is 0.256 e. The van der Waals surface area contributed by atoms with Gasteiger partial charge in [-0.05, 0) is 62.2 Å². The SMILES string of the molecule is COc1ccc(NC(=O)c2c(C)c(N3CCCCCC3)nc3ccc(Br)cc23)cc1. The minimum Gasteiger partial charge on any atom is -0.497 e. The van der Waals surface area contributed by atoms with Crippen LogP contribution in [0.5, 0.6) is 5.75 Å². The van der Waals surface area contributed by atoms with E-state index < -0.39 is 0 Å². The van der Waals surface area contributed by atoms with Crippen molar-refractivity contribution in [3.8, 4) is 5.75 Å². The summed E-state index contributed by atoms with van der Waals surface area (Å²) in [6, 6.07) is 13.3. The zero-order valence-corrected chi connectivity index (χ0v) is 19.0. The number of nitrogens with zero attached hydrogens (tertiary/aromatic N) is 2. The van der Waals surface area contributed by atoms with Gasteiger partial charge in [0, 0.05) is 34.2 Å². The molecule has 0 unspecified atom stereocenters. The second-order valence-corrected chi connectivity index (χ2v) is 8.60. The quantitative estimate of drug-likeness (QED) is 0.515. The van der Waals surface area contributed by atoms with Gasteiger partial charge in [0.05, 0.1) is 18.2 Å². The second-order valence-electron chi connectivity index (χ2n) is 7.68. The zero-order valence-electron chi connectivity index (χ0n) is 17.4. The van der Waals surface area contributed by atoms with Gasteiger partial charge in [-0.15, -0.1) is 0 Å². The largest absolute Gasteiger partial charge is 0.497 e. The minimum absolute atomic E-state index is 0.126. The van der Waals surface area contributed by atoms with Gasteiger partial charge in [-0.1, -0.05) is 28.8 Å². The lowest BCUT2D eigenvalue weighted by Crippen LogP contribution is -2.27. The highest BCUT2D eigenvalue weighted by molar-refractivity contribution is 9.10. The van der Waals surface area contributed by atoms with Crippen LogP contribution in [0, 0.1) is 6.92 Å². The highest BCUT2D eigenvalue weighted by Gasteiger charge is 2.22. The van der Waals surface area contributed by atoms with E-state index in [1.54, 1.807) is 7.11 Å². The third kappa shape index (κ3) is 4.29. The molecule has 1 N–H and O–H groups in total. The van der Waals surface area contributed by atoms with Crippen molar-refractivity contribution in [3.05, 3.63) is 58.1 Å². The average molecular weight is 468 g/mol. The molecule has 2 heterocycles. The van der Waals surface area contributed by atoms with Gasteiger partial charge in [0.1, 0.15) is 11.6 Å². The van der Waals surface area contributed by atoms with Gasteiger partial charge in [-0.3, -0.25) is 4.79 Å². The Morgan fingerprint density at radius 2 is 1.77 bits per heavy atom. The molecule has 0 atom stereocenters. The van der Waals surface area contributed by atoms with Crippen LogP contribution >= 0.6 is 15.9 Å². The molecular weight excluding hydrogens is 442 g/mol. The first-order chi connectivity index (χ1) is 14.6. The predicted molar refractivity (Wildman–Crippen MR) is 126 cm³/mol. The van der Waals surface area contributed by atoms with Gasteiger partial charge in [-0.25, -0.2) is 4.98 Å². The maximum absolute atomic E-state index is 13.4. The fraction of sp³-hybridized carbons (Fsp3) is 0.333. The van der Waals surface area contributed by atoms with Gasteiger partial charge in [0.25, 0.3) is 5.91 Å². The summed E-state index contributed by atoms with van der Waals surface area (Å²) in [6.45, 7) is 3.97. The number of nitrogens with one attached hydrogen (secondary N) is 1. The smallest absolute Gasteiger partial charge is 0.256 e. The molecule has 1 aliphatic rings. The third-order valence-corrected chi connectivity index (χ3v) is 6.14. The van der Waals surface area contributed by atoms with Gasteiger partial charge in [0.2, 0.25) is 0 Å². The van der Waals surface area contributed by atoms with Crippen molar-refractivity contribution in [2.75, 3.05) is 30.4 Å². The van der Waals surface area contributed by atoms with E-state index in [9.17, 15) is 4.79 Å². The Kier molecular flexibility index (Phi) is 6.23. The van der Waals surface area contributed by atoms with E-state index in [1.807, 2.05) is 49.4 Å². The predicted octanol–water partition coefficient (Wildman–Crippen LogP) is 5.95. The lowest BCUT2D eigenvalue weighted by molar-refractivity contribution is 0.102. The molecule has 5 nitrogen and oxygen atoms in total. The summed E-state index contributed by atoms with van der Waals surface area (Å²) in [7, 11) is 1.63. The number of carbonyl (C=O) groups excluding carboxylic acids is 1. The standard InChI is InChI=1S/C24H26BrN3O2/c1-16-22(24(29)26-18-8-10-19(30-2)11-9-18)20-15-17(25)7-12-21(20)27-23(16)28-13-5-3-4-6-14-28/h7-12,15H,3-6,13-14H2,1-2H3,(H,26,29). The van der Waals surface area contributed by atoms with E-state index in [0.717, 1.165) is 64.1 Å². The van der Waals surface area contributed by atoms with Gasteiger partial charge >= 0.3 is 0 Å². The molecule has 1 fully saturated rings. The van der Waals surface area contributed by atoms with E-state index in [1.165, 1.54) is 12.8 Å². The van der Waals surface area contributed by atoms with Gasteiger partial charge < -0.3 is 15.0 Å². The lowest BCUT2D eigenvalue weighted by atomic mass is 10.0. The molecule has 0 saturated carbocycles. The summed E-state index contributed by atoms with van der Waals surface area (Å²) in [6.07, 6.45) is 4.82. The van der Waals surface area contributed by atoms with Crippen molar-refractivity contribution in [1.29, 1.82) is 0 Å². The normalized spacial score (nSPS) is 14.4. The Morgan fingerprint density at radius 3 is 2.43 bits per heavy atom. The molecular formula is C24H26BrN3O2. The van der Waals surface area contributed by atoms with Crippen molar-refractivity contribution >= 4 is 44.2 Å². The topological polar surface area (TPSA) is 54.5 Å². The van der Waals surface area contributed by atoms with Crippen LogP contribution < -0.4 is 15.0 Å². The minimum atomic E-state index is -0.126. The fourth-order valence-electron chi connectivity index (χ4n) is 4.07. The third-order valence-electron chi connectivity index (χ3n) is 5.65. The molecule has 156 valence electrons. The number of benzene rings is 2. The fourth-order valence-corrected chi connectivity index (χ4v) is 4.43. The summed E-state index contributed by atoms with van der Waals surface area (Å²) in [5, 5.41) is 3.90. The summed E-state index contributed by atoms with van der Waals surface area (Å²) >= 11 is 3.54. The van der Waals surface area contributed by atoms with Crippen LogP contribution in [0.2, 0.25) is 0 Å². The van der Waals surface area contributed by atoms with E-state index in [-0.39, 0.29) is 5.91 Å². The van der Waals surface area contributed by atoms with E-state index in [2.05, 4.69) is 26.1 Å². The molecule has 1 saturated heterocycles. The summed E-state index contributed by atoms with van der Waals surface area (Å²) < 4.78 is 6.14. The molecule has 0 radical (unpaired) electrons. The first-order valence-electron chi connectivity index (χ1n) is 10.4. The van der Waals surface area contributed by atoms with Crippen LogP contribution in [-0.4, -0.2) is 31.1 Å². The lowest BCUT2D eigenvalue weighted by Gasteiger charge is -2.25. The van der Waals surface area contributed by atoms with Crippen molar-refractivity contribution in [3.63, 3.8) is 0 Å². The van der Waals surface area contributed by atoms with Crippen molar-refractivity contribution in [2.45, 2.75) is 32.6 Å². The number of aromatic nitrogens is 1. The maximum atomic E-state index is 13.4. The molecule has 1 amide bonds. The number of hydrogen-bond acceptors (Lipinski definition) is 4. The molecule has 4 rings (SSSR count). The Balaban J connectivity index is 1.78. The Bertz CT molecular complexity index is 1060. The number of rotatable bonds is 4. The van der Waals surface area contributed by atoms with Crippen LogP contribution in [0.3, 0.4) is 0 Å². The number of ether oxygens (including phenoxy) is 1. The number of anilines is 2. The average Bonchev–Trinajstić information content (AvgIpc) is 3.03. The molecule has 0 bridgehead atoms. The van der Waals surface area contributed by atoms with E-state index >= 15 is 0 Å². The number of fused-ring (bicyclic) bond motifs is 1. The molecule has 1 aromatic heterocycles. The summed E-state index contributed by atoms with van der Waals surface area (Å²) in [5.41, 5.74) is 3.17. The highest BCUT2D eigenvalue weighted by Crippen LogP contribution is 2.32. The van der Waals surface area contributed by atoms with Crippen molar-refractivity contribution in [2.24, 2.45) is 0 Å². The Hall–Kier alpha value is -2.60. The highest BCUT2D eigenvalue weighted by atomic mass is 79.9. The number of methoxy groups -OCH3 is 1. The number of carbonyl (C=O) groups is 1. The summed E-state index contributed by atoms with van der Waals surface area (Å²) in [5.74, 6) is 1.55.